The molecule has 0 amide bonds. The highest BCUT2D eigenvalue weighted by Gasteiger charge is 1.98. The zero-order valence-electron chi connectivity index (χ0n) is 12.7. The van der Waals surface area contributed by atoms with E-state index in [2.05, 4.69) is 17.2 Å². The van der Waals surface area contributed by atoms with Gasteiger partial charge in [0.25, 0.3) is 0 Å². The fraction of sp³-hybridized carbons (Fsp3) is 0.471. The number of para-hydroxylation sites is 1. The molecule has 0 saturated carbocycles. The summed E-state index contributed by atoms with van der Waals surface area (Å²) in [6.45, 7) is 6.09. The van der Waals surface area contributed by atoms with Crippen molar-refractivity contribution in [2.75, 3.05) is 32.9 Å². The van der Waals surface area contributed by atoms with Gasteiger partial charge in [-0.1, -0.05) is 31.5 Å². The molecule has 1 N–H and O–H groups in total. The van der Waals surface area contributed by atoms with Crippen LogP contribution in [0.15, 0.2) is 36.5 Å². The Kier molecular flexibility index (Phi) is 6.98. The molecule has 0 unspecified atom stereocenters. The van der Waals surface area contributed by atoms with Gasteiger partial charge in [0.05, 0.1) is 18.3 Å². The number of unbranched alkanes of at least 4 members (excludes halogenated alkanes) is 1. The molecule has 0 aliphatic carbocycles. The summed E-state index contributed by atoms with van der Waals surface area (Å²) in [5.74, 6) is 0.815. The lowest BCUT2D eigenvalue weighted by Crippen LogP contribution is -2.25. The van der Waals surface area contributed by atoms with Gasteiger partial charge in [-0.05, 0) is 18.6 Å². The van der Waals surface area contributed by atoms with Gasteiger partial charge in [0.15, 0.2) is 0 Å². The molecule has 0 aliphatic rings. The Labute approximate surface area is 126 Å². The smallest absolute Gasteiger partial charge is 0.138 e. The van der Waals surface area contributed by atoms with Crippen molar-refractivity contribution >= 4 is 10.9 Å². The molecule has 0 fully saturated rings. The maximum atomic E-state index is 5.69. The average molecular weight is 288 g/mol. The van der Waals surface area contributed by atoms with Gasteiger partial charge < -0.3 is 14.8 Å². The third-order valence-electron chi connectivity index (χ3n) is 3.18. The summed E-state index contributed by atoms with van der Waals surface area (Å²) in [7, 11) is 0. The molecule has 0 atom stereocenters. The van der Waals surface area contributed by atoms with Crippen LogP contribution in [0, 0.1) is 0 Å². The van der Waals surface area contributed by atoms with E-state index in [0.717, 1.165) is 49.4 Å². The Balaban J connectivity index is 1.59. The predicted octanol–water partition coefficient (Wildman–Crippen LogP) is 3.02. The van der Waals surface area contributed by atoms with Gasteiger partial charge in [0.1, 0.15) is 12.4 Å². The monoisotopic (exact) mass is 288 g/mol. The van der Waals surface area contributed by atoms with Crippen LogP contribution in [-0.2, 0) is 4.74 Å². The van der Waals surface area contributed by atoms with E-state index in [1.165, 1.54) is 6.42 Å². The number of nitrogens with zero attached hydrogens (tertiary/aromatic N) is 1. The van der Waals surface area contributed by atoms with Gasteiger partial charge in [-0.15, -0.1) is 0 Å². The summed E-state index contributed by atoms with van der Waals surface area (Å²) >= 11 is 0. The lowest BCUT2D eigenvalue weighted by Gasteiger charge is -2.08. The molecule has 2 aromatic rings. The number of nitrogens with one attached hydrogen (secondary N) is 1. The summed E-state index contributed by atoms with van der Waals surface area (Å²) in [5.41, 5.74) is 0.993. The molecule has 0 aliphatic heterocycles. The third-order valence-corrected chi connectivity index (χ3v) is 3.18. The molecule has 0 saturated heterocycles. The van der Waals surface area contributed by atoms with E-state index in [1.54, 1.807) is 6.20 Å². The van der Waals surface area contributed by atoms with Gasteiger partial charge in [-0.2, -0.15) is 0 Å². The Morgan fingerprint density at radius 2 is 1.95 bits per heavy atom. The average Bonchev–Trinajstić information content (AvgIpc) is 2.53. The molecule has 1 aromatic carbocycles. The second kappa shape index (κ2) is 9.32. The van der Waals surface area contributed by atoms with Crippen molar-refractivity contribution in [3.05, 3.63) is 36.5 Å². The first-order valence-electron chi connectivity index (χ1n) is 7.66. The van der Waals surface area contributed by atoms with E-state index in [9.17, 15) is 0 Å². The summed E-state index contributed by atoms with van der Waals surface area (Å²) in [5, 5.41) is 4.40. The number of benzene rings is 1. The van der Waals surface area contributed by atoms with Crippen LogP contribution in [0.1, 0.15) is 19.8 Å². The lowest BCUT2D eigenvalue weighted by molar-refractivity contribution is 0.132. The van der Waals surface area contributed by atoms with E-state index >= 15 is 0 Å². The van der Waals surface area contributed by atoms with Gasteiger partial charge in [0, 0.05) is 25.1 Å². The molecule has 0 radical (unpaired) electrons. The molecular formula is C17H24N2O2. The molecule has 4 heteroatoms. The zero-order valence-corrected chi connectivity index (χ0v) is 12.7. The van der Waals surface area contributed by atoms with Gasteiger partial charge >= 0.3 is 0 Å². The molecule has 1 aromatic heterocycles. The number of aromatic nitrogens is 1. The SMILES string of the molecule is CCCCOCCNCCOc1cnc2ccccc2c1. The maximum Gasteiger partial charge on any atom is 0.138 e. The van der Waals surface area contributed by atoms with Gasteiger partial charge in [0.2, 0.25) is 0 Å². The fourth-order valence-corrected chi connectivity index (χ4v) is 1.99. The van der Waals surface area contributed by atoms with E-state index in [-0.39, 0.29) is 0 Å². The highest BCUT2D eigenvalue weighted by Crippen LogP contribution is 2.17. The Morgan fingerprint density at radius 3 is 2.86 bits per heavy atom. The van der Waals surface area contributed by atoms with E-state index < -0.39 is 0 Å². The van der Waals surface area contributed by atoms with Crippen molar-refractivity contribution in [1.29, 1.82) is 0 Å². The highest BCUT2D eigenvalue weighted by molar-refractivity contribution is 5.79. The second-order valence-corrected chi connectivity index (χ2v) is 4.93. The van der Waals surface area contributed by atoms with Crippen LogP contribution < -0.4 is 10.1 Å². The van der Waals surface area contributed by atoms with Gasteiger partial charge in [-0.3, -0.25) is 4.98 Å². The standard InChI is InChI=1S/C17H24N2O2/c1-2-3-10-20-11-8-18-9-12-21-16-13-15-6-4-5-7-17(15)19-14-16/h4-7,13-14,18H,2-3,8-12H2,1H3. The number of rotatable bonds is 10. The first-order valence-corrected chi connectivity index (χ1v) is 7.66. The molecule has 114 valence electrons. The van der Waals surface area contributed by atoms with Crippen LogP contribution in [0.4, 0.5) is 0 Å². The van der Waals surface area contributed by atoms with E-state index in [0.29, 0.717) is 6.61 Å². The number of ether oxygens (including phenoxy) is 2. The van der Waals surface area contributed by atoms with Crippen LogP contribution in [0.5, 0.6) is 5.75 Å². The van der Waals surface area contributed by atoms with Gasteiger partial charge in [-0.25, -0.2) is 0 Å². The normalized spacial score (nSPS) is 10.9. The van der Waals surface area contributed by atoms with Crippen molar-refractivity contribution < 1.29 is 9.47 Å². The van der Waals surface area contributed by atoms with Crippen LogP contribution >= 0.6 is 0 Å². The molecule has 0 spiro atoms. The third kappa shape index (κ3) is 5.69. The van der Waals surface area contributed by atoms with Crippen LogP contribution in [0.2, 0.25) is 0 Å². The summed E-state index contributed by atoms with van der Waals surface area (Å²) < 4.78 is 11.2. The minimum absolute atomic E-state index is 0.634. The van der Waals surface area contributed by atoms with Crippen LogP contribution in [0.3, 0.4) is 0 Å². The largest absolute Gasteiger partial charge is 0.491 e. The zero-order chi connectivity index (χ0) is 14.8. The second-order valence-electron chi connectivity index (χ2n) is 4.93. The number of pyridine rings is 1. The van der Waals surface area contributed by atoms with Crippen LogP contribution in [-0.4, -0.2) is 37.9 Å². The molecule has 21 heavy (non-hydrogen) atoms. The summed E-state index contributed by atoms with van der Waals surface area (Å²) in [4.78, 5) is 4.37. The predicted molar refractivity (Wildman–Crippen MR) is 85.8 cm³/mol. The molecule has 2 rings (SSSR count). The fourth-order valence-electron chi connectivity index (χ4n) is 1.99. The topological polar surface area (TPSA) is 43.4 Å². The Hall–Kier alpha value is -1.65. The van der Waals surface area contributed by atoms with Crippen molar-refractivity contribution in [1.82, 2.24) is 10.3 Å². The first-order chi connectivity index (χ1) is 10.4. The Bertz CT molecular complexity index is 531. The molecule has 4 nitrogen and oxygen atoms in total. The van der Waals surface area contributed by atoms with Crippen molar-refractivity contribution in [2.45, 2.75) is 19.8 Å². The minimum Gasteiger partial charge on any atom is -0.491 e. The van der Waals surface area contributed by atoms with Crippen molar-refractivity contribution in [2.24, 2.45) is 0 Å². The maximum absolute atomic E-state index is 5.69. The summed E-state index contributed by atoms with van der Waals surface area (Å²) in [6, 6.07) is 10.1. The summed E-state index contributed by atoms with van der Waals surface area (Å²) in [6.07, 6.45) is 4.09. The van der Waals surface area contributed by atoms with Crippen molar-refractivity contribution in [3.8, 4) is 5.75 Å². The van der Waals surface area contributed by atoms with E-state index in [4.69, 9.17) is 9.47 Å². The number of hydrogen-bond donors (Lipinski definition) is 1. The van der Waals surface area contributed by atoms with Crippen LogP contribution in [0.25, 0.3) is 10.9 Å². The minimum atomic E-state index is 0.634. The number of hydrogen-bond acceptors (Lipinski definition) is 4. The Morgan fingerprint density at radius 1 is 1.10 bits per heavy atom. The quantitative estimate of drug-likeness (QED) is 0.683. The van der Waals surface area contributed by atoms with E-state index in [1.807, 2.05) is 30.3 Å². The first kappa shape index (κ1) is 15.7. The molecule has 0 bridgehead atoms. The molecular weight excluding hydrogens is 264 g/mol. The molecule has 1 heterocycles. The van der Waals surface area contributed by atoms with Crippen molar-refractivity contribution in [3.63, 3.8) is 0 Å². The highest BCUT2D eigenvalue weighted by atomic mass is 16.5. The number of fused-ring (bicyclic) bond motifs is 1. The lowest BCUT2D eigenvalue weighted by atomic mass is 10.2.